The average molecular weight is 361 g/mol. The second kappa shape index (κ2) is 10.4. The number of benzene rings is 1. The van der Waals surface area contributed by atoms with Gasteiger partial charge in [-0.2, -0.15) is 0 Å². The first-order chi connectivity index (χ1) is 12.5. The molecule has 7 heteroatoms. The van der Waals surface area contributed by atoms with E-state index in [1.54, 1.807) is 24.3 Å². The van der Waals surface area contributed by atoms with Gasteiger partial charge in [-0.1, -0.05) is 44.2 Å². The molecule has 0 heterocycles. The monoisotopic (exact) mass is 361 g/mol. The van der Waals surface area contributed by atoms with E-state index in [0.29, 0.717) is 5.56 Å². The number of carbonyl (C=O) groups excluding carboxylic acids is 3. The van der Waals surface area contributed by atoms with Crippen molar-refractivity contribution >= 4 is 17.9 Å². The summed E-state index contributed by atoms with van der Waals surface area (Å²) in [7, 11) is 0. The minimum Gasteiger partial charge on any atom is -0.452 e. The molecule has 7 nitrogen and oxygen atoms in total. The summed E-state index contributed by atoms with van der Waals surface area (Å²) in [6.45, 7) is 0.00870. The van der Waals surface area contributed by atoms with Crippen LogP contribution in [0.1, 0.15) is 60.9 Å². The highest BCUT2D eigenvalue weighted by Crippen LogP contribution is 2.17. The molecule has 0 aromatic heterocycles. The van der Waals surface area contributed by atoms with Gasteiger partial charge in [0.2, 0.25) is 0 Å². The summed E-state index contributed by atoms with van der Waals surface area (Å²) in [5, 5.41) is 5.43. The third kappa shape index (κ3) is 7.13. The highest BCUT2D eigenvalue weighted by atomic mass is 16.5. The molecule has 1 aliphatic rings. The third-order valence-electron chi connectivity index (χ3n) is 4.46. The van der Waals surface area contributed by atoms with Gasteiger partial charge in [-0.05, 0) is 30.5 Å². The van der Waals surface area contributed by atoms with E-state index in [4.69, 9.17) is 10.5 Å². The van der Waals surface area contributed by atoms with Crippen LogP contribution in [-0.2, 0) is 16.1 Å². The van der Waals surface area contributed by atoms with Crippen LogP contribution in [0, 0.1) is 0 Å². The third-order valence-corrected chi connectivity index (χ3v) is 4.46. The minimum atomic E-state index is -0.608. The van der Waals surface area contributed by atoms with Crippen LogP contribution in [0.3, 0.4) is 0 Å². The molecule has 1 saturated carbocycles. The highest BCUT2D eigenvalue weighted by Gasteiger charge is 2.16. The van der Waals surface area contributed by atoms with Gasteiger partial charge in [0.05, 0.1) is 5.56 Å². The van der Waals surface area contributed by atoms with Crippen molar-refractivity contribution < 1.29 is 19.1 Å². The van der Waals surface area contributed by atoms with Crippen LogP contribution in [0.5, 0.6) is 0 Å². The number of hydrogen-bond acceptors (Lipinski definition) is 4. The van der Waals surface area contributed by atoms with Gasteiger partial charge in [0.15, 0.2) is 6.61 Å². The molecule has 0 saturated heterocycles. The van der Waals surface area contributed by atoms with E-state index < -0.39 is 12.0 Å². The van der Waals surface area contributed by atoms with Crippen LogP contribution in [0.4, 0.5) is 4.79 Å². The number of rotatable bonds is 6. The van der Waals surface area contributed by atoms with Crippen molar-refractivity contribution in [3.8, 4) is 0 Å². The van der Waals surface area contributed by atoms with E-state index in [0.717, 1.165) is 31.2 Å². The predicted molar refractivity (Wildman–Crippen MR) is 97.4 cm³/mol. The molecule has 0 unspecified atom stereocenters. The first kappa shape index (κ1) is 19.8. The second-order valence-electron chi connectivity index (χ2n) is 6.60. The minimum absolute atomic E-state index is 0.179. The number of primary amides is 1. The Morgan fingerprint density at radius 1 is 1.00 bits per heavy atom. The lowest BCUT2D eigenvalue weighted by Gasteiger charge is -2.20. The topological polar surface area (TPSA) is 111 Å². The average Bonchev–Trinajstić information content (AvgIpc) is 2.60. The SMILES string of the molecule is NC(=O)NCc1ccc(C(=O)OCC(=O)NC2CCCCCCC2)cc1. The molecule has 142 valence electrons. The number of nitrogens with two attached hydrogens (primary N) is 1. The van der Waals surface area contributed by atoms with Gasteiger partial charge < -0.3 is 21.1 Å². The van der Waals surface area contributed by atoms with E-state index in [1.807, 2.05) is 0 Å². The molecule has 1 aliphatic carbocycles. The molecule has 0 bridgehead atoms. The molecular weight excluding hydrogens is 334 g/mol. The van der Waals surface area contributed by atoms with E-state index in [1.165, 1.54) is 19.3 Å². The fraction of sp³-hybridized carbons (Fsp3) is 0.526. The van der Waals surface area contributed by atoms with Crippen LogP contribution < -0.4 is 16.4 Å². The summed E-state index contributed by atoms with van der Waals surface area (Å²) in [4.78, 5) is 34.7. The Morgan fingerprint density at radius 3 is 2.23 bits per heavy atom. The summed E-state index contributed by atoms with van der Waals surface area (Å²) in [5.74, 6) is -0.807. The molecule has 1 aromatic rings. The Morgan fingerprint density at radius 2 is 1.62 bits per heavy atom. The van der Waals surface area contributed by atoms with E-state index in [2.05, 4.69) is 10.6 Å². The summed E-state index contributed by atoms with van der Waals surface area (Å²) < 4.78 is 5.08. The number of urea groups is 1. The van der Waals surface area contributed by atoms with Gasteiger partial charge in [0.25, 0.3) is 5.91 Å². The smallest absolute Gasteiger partial charge is 0.338 e. The van der Waals surface area contributed by atoms with E-state index in [-0.39, 0.29) is 25.1 Å². The fourth-order valence-corrected chi connectivity index (χ4v) is 3.03. The first-order valence-electron chi connectivity index (χ1n) is 9.13. The molecule has 3 amide bonds. The molecular formula is C19H27N3O4. The van der Waals surface area contributed by atoms with E-state index >= 15 is 0 Å². The summed E-state index contributed by atoms with van der Waals surface area (Å²) >= 11 is 0. The molecule has 2 rings (SSSR count). The van der Waals surface area contributed by atoms with Crippen molar-refractivity contribution in [3.63, 3.8) is 0 Å². The van der Waals surface area contributed by atoms with Crippen LogP contribution in [0.25, 0.3) is 0 Å². The summed E-state index contributed by atoms with van der Waals surface area (Å²) in [6, 6.07) is 6.14. The molecule has 1 fully saturated rings. The number of carbonyl (C=O) groups is 3. The lowest BCUT2D eigenvalue weighted by atomic mass is 9.97. The predicted octanol–water partition coefficient (Wildman–Crippen LogP) is 2.24. The van der Waals surface area contributed by atoms with Gasteiger partial charge in [-0.3, -0.25) is 4.79 Å². The largest absolute Gasteiger partial charge is 0.452 e. The Kier molecular flexibility index (Phi) is 7.92. The van der Waals surface area contributed by atoms with Crippen LogP contribution in [0.15, 0.2) is 24.3 Å². The Labute approximate surface area is 153 Å². The molecule has 0 spiro atoms. The van der Waals surface area contributed by atoms with Crippen molar-refractivity contribution in [1.29, 1.82) is 0 Å². The summed E-state index contributed by atoms with van der Waals surface area (Å²) in [5.41, 5.74) is 6.17. The van der Waals surface area contributed by atoms with Gasteiger partial charge in [0.1, 0.15) is 0 Å². The van der Waals surface area contributed by atoms with Crippen LogP contribution in [-0.4, -0.2) is 30.6 Å². The van der Waals surface area contributed by atoms with Crippen molar-refractivity contribution in [1.82, 2.24) is 10.6 Å². The number of ether oxygens (including phenoxy) is 1. The van der Waals surface area contributed by atoms with Crippen LogP contribution in [0.2, 0.25) is 0 Å². The van der Waals surface area contributed by atoms with Gasteiger partial charge in [-0.25, -0.2) is 9.59 Å². The maximum absolute atomic E-state index is 12.0. The molecule has 0 atom stereocenters. The molecule has 0 radical (unpaired) electrons. The van der Waals surface area contributed by atoms with Crippen molar-refractivity contribution in [2.75, 3.05) is 6.61 Å². The normalized spacial score (nSPS) is 15.4. The summed E-state index contributed by atoms with van der Waals surface area (Å²) in [6.07, 6.45) is 7.93. The maximum Gasteiger partial charge on any atom is 0.338 e. The standard InChI is InChI=1S/C19H27N3O4/c20-19(25)21-12-14-8-10-15(11-9-14)18(24)26-13-17(23)22-16-6-4-2-1-3-5-7-16/h8-11,16H,1-7,12-13H2,(H,22,23)(H3,20,21,25). The van der Waals surface area contributed by atoms with Gasteiger partial charge in [-0.15, -0.1) is 0 Å². The fourth-order valence-electron chi connectivity index (χ4n) is 3.03. The highest BCUT2D eigenvalue weighted by molar-refractivity contribution is 5.91. The number of esters is 1. The lowest BCUT2D eigenvalue weighted by molar-refractivity contribution is -0.125. The number of amides is 3. The zero-order valence-corrected chi connectivity index (χ0v) is 15.0. The molecule has 0 aliphatic heterocycles. The first-order valence-corrected chi connectivity index (χ1v) is 9.13. The van der Waals surface area contributed by atoms with Crippen molar-refractivity contribution in [3.05, 3.63) is 35.4 Å². The lowest BCUT2D eigenvalue weighted by Crippen LogP contribution is -2.38. The second-order valence-corrected chi connectivity index (χ2v) is 6.60. The molecule has 4 N–H and O–H groups in total. The zero-order chi connectivity index (χ0) is 18.8. The molecule has 26 heavy (non-hydrogen) atoms. The van der Waals surface area contributed by atoms with E-state index in [9.17, 15) is 14.4 Å². The van der Waals surface area contributed by atoms with Crippen LogP contribution >= 0.6 is 0 Å². The van der Waals surface area contributed by atoms with Crippen molar-refractivity contribution in [2.45, 2.75) is 57.5 Å². The number of hydrogen-bond donors (Lipinski definition) is 3. The maximum atomic E-state index is 12.0. The Balaban J connectivity index is 1.74. The zero-order valence-electron chi connectivity index (χ0n) is 15.0. The van der Waals surface area contributed by atoms with Gasteiger partial charge >= 0.3 is 12.0 Å². The quantitative estimate of drug-likeness (QED) is 0.675. The Bertz CT molecular complexity index is 608. The van der Waals surface area contributed by atoms with Crippen molar-refractivity contribution in [2.24, 2.45) is 5.73 Å². The van der Waals surface area contributed by atoms with Gasteiger partial charge in [0, 0.05) is 12.6 Å². The number of nitrogens with one attached hydrogen (secondary N) is 2. The Hall–Kier alpha value is -2.57. The molecule has 1 aromatic carbocycles.